The van der Waals surface area contributed by atoms with E-state index in [0.29, 0.717) is 24.3 Å². The summed E-state index contributed by atoms with van der Waals surface area (Å²) >= 11 is 0. The van der Waals surface area contributed by atoms with Crippen LogP contribution in [0.3, 0.4) is 0 Å². The number of fused-ring (bicyclic) bond motifs is 4. The number of esters is 1. The van der Waals surface area contributed by atoms with E-state index < -0.39 is 11.6 Å². The third kappa shape index (κ3) is 3.60. The Hall–Kier alpha value is -2.82. The summed E-state index contributed by atoms with van der Waals surface area (Å²) in [7, 11) is 0. The Labute approximate surface area is 200 Å². The standard InChI is InChI=1S/C29H32O5/c1-16(30)19-4-6-20(7-5-19)26-15-27-24(12-13-29(27,17(2)31)34-18(3)32)25-10-8-21-14-22(33)9-11-23(21)28(25)26/h4-7,14,24-27H,8-13,15H2,1-3H3/t24-,25-,26+,27-,29-/m0/s1. The first kappa shape index (κ1) is 22.9. The molecule has 2 fully saturated rings. The van der Waals surface area contributed by atoms with E-state index in [4.69, 9.17) is 4.74 Å². The molecule has 5 rings (SSSR count). The van der Waals surface area contributed by atoms with Crippen molar-refractivity contribution in [3.63, 3.8) is 0 Å². The Morgan fingerprint density at radius 1 is 0.971 bits per heavy atom. The lowest BCUT2D eigenvalue weighted by Gasteiger charge is -2.49. The SMILES string of the molecule is CC(=O)O[C@]1(C(C)=O)CC[C@H]2[C@@H]3CCC4=CC(=O)CCC4=C3[C@@H](c3ccc(C(C)=O)cc3)C[C@@H]21. The van der Waals surface area contributed by atoms with E-state index in [2.05, 4.69) is 0 Å². The van der Waals surface area contributed by atoms with Crippen molar-refractivity contribution in [2.24, 2.45) is 17.8 Å². The van der Waals surface area contributed by atoms with Crippen molar-refractivity contribution in [3.05, 3.63) is 58.2 Å². The lowest BCUT2D eigenvalue weighted by molar-refractivity contribution is -0.171. The van der Waals surface area contributed by atoms with Gasteiger partial charge in [0.05, 0.1) is 0 Å². The smallest absolute Gasteiger partial charge is 0.303 e. The zero-order valence-corrected chi connectivity index (χ0v) is 20.2. The monoisotopic (exact) mass is 460 g/mol. The molecule has 0 aliphatic heterocycles. The van der Waals surface area contributed by atoms with Gasteiger partial charge in [-0.3, -0.25) is 19.2 Å². The fraction of sp³-hybridized carbons (Fsp3) is 0.517. The van der Waals surface area contributed by atoms with E-state index in [1.165, 1.54) is 23.6 Å². The number of hydrogen-bond acceptors (Lipinski definition) is 5. The lowest BCUT2D eigenvalue weighted by atomic mass is 9.56. The fourth-order valence-electron chi connectivity index (χ4n) is 7.42. The molecular weight excluding hydrogens is 428 g/mol. The molecule has 1 aromatic rings. The summed E-state index contributed by atoms with van der Waals surface area (Å²) in [5, 5.41) is 0. The van der Waals surface area contributed by atoms with Crippen LogP contribution in [0.15, 0.2) is 47.1 Å². The van der Waals surface area contributed by atoms with Crippen LogP contribution >= 0.6 is 0 Å². The molecule has 2 saturated carbocycles. The van der Waals surface area contributed by atoms with Crippen molar-refractivity contribution in [2.75, 3.05) is 0 Å². The summed E-state index contributed by atoms with van der Waals surface area (Å²) in [6.45, 7) is 4.52. The van der Waals surface area contributed by atoms with Gasteiger partial charge in [0.15, 0.2) is 23.0 Å². The Kier molecular flexibility index (Phi) is 5.70. The van der Waals surface area contributed by atoms with Gasteiger partial charge in [-0.05, 0) is 87.0 Å². The van der Waals surface area contributed by atoms with Gasteiger partial charge in [0, 0.05) is 30.7 Å². The summed E-state index contributed by atoms with van der Waals surface area (Å²) < 4.78 is 5.86. The van der Waals surface area contributed by atoms with Crippen molar-refractivity contribution in [1.82, 2.24) is 0 Å². The number of ketones is 3. The van der Waals surface area contributed by atoms with Crippen molar-refractivity contribution < 1.29 is 23.9 Å². The molecular formula is C29H32O5. The highest BCUT2D eigenvalue weighted by Gasteiger charge is 2.60. The second-order valence-electron chi connectivity index (χ2n) is 10.5. The van der Waals surface area contributed by atoms with Gasteiger partial charge in [0.25, 0.3) is 0 Å². The molecule has 1 aromatic carbocycles. The van der Waals surface area contributed by atoms with Crippen LogP contribution in [0.1, 0.15) is 87.6 Å². The number of benzene rings is 1. The topological polar surface area (TPSA) is 77.5 Å². The van der Waals surface area contributed by atoms with Gasteiger partial charge in [-0.1, -0.05) is 29.8 Å². The number of carbonyl (C=O) groups is 4. The molecule has 0 amide bonds. The molecule has 5 heteroatoms. The lowest BCUT2D eigenvalue weighted by Crippen LogP contribution is -2.50. The molecule has 0 bridgehead atoms. The van der Waals surface area contributed by atoms with E-state index in [0.717, 1.165) is 37.7 Å². The van der Waals surface area contributed by atoms with Gasteiger partial charge in [0.2, 0.25) is 0 Å². The Morgan fingerprint density at radius 3 is 2.35 bits per heavy atom. The van der Waals surface area contributed by atoms with Crippen molar-refractivity contribution >= 4 is 23.3 Å². The predicted octanol–water partition coefficient (Wildman–Crippen LogP) is 5.29. The van der Waals surface area contributed by atoms with Crippen LogP contribution in [0.5, 0.6) is 0 Å². The average Bonchev–Trinajstić information content (AvgIpc) is 3.17. The Balaban J connectivity index is 1.64. The molecule has 0 radical (unpaired) electrons. The average molecular weight is 461 g/mol. The first-order valence-electron chi connectivity index (χ1n) is 12.5. The van der Waals surface area contributed by atoms with Crippen molar-refractivity contribution in [1.29, 1.82) is 0 Å². The minimum atomic E-state index is -1.05. The second kappa shape index (κ2) is 8.44. The van der Waals surface area contributed by atoms with Gasteiger partial charge >= 0.3 is 5.97 Å². The molecule has 0 unspecified atom stereocenters. The van der Waals surface area contributed by atoms with Gasteiger partial charge < -0.3 is 4.74 Å². The summed E-state index contributed by atoms with van der Waals surface area (Å²) in [4.78, 5) is 49.1. The molecule has 0 heterocycles. The van der Waals surface area contributed by atoms with Crippen molar-refractivity contribution in [3.8, 4) is 0 Å². The normalized spacial score (nSPS) is 32.3. The molecule has 0 aromatic heterocycles. The van der Waals surface area contributed by atoms with Crippen LogP contribution in [-0.4, -0.2) is 28.9 Å². The number of ether oxygens (including phenoxy) is 1. The maximum Gasteiger partial charge on any atom is 0.303 e. The molecule has 4 aliphatic rings. The third-order valence-corrected chi connectivity index (χ3v) is 8.80. The van der Waals surface area contributed by atoms with Crippen LogP contribution in [0, 0.1) is 17.8 Å². The van der Waals surface area contributed by atoms with E-state index >= 15 is 0 Å². The molecule has 0 N–H and O–H groups in total. The second-order valence-corrected chi connectivity index (χ2v) is 10.5. The molecule has 5 atom stereocenters. The van der Waals surface area contributed by atoms with Crippen LogP contribution in [-0.2, 0) is 19.1 Å². The van der Waals surface area contributed by atoms with Gasteiger partial charge in [-0.15, -0.1) is 0 Å². The highest BCUT2D eigenvalue weighted by atomic mass is 16.6. The first-order chi connectivity index (χ1) is 16.2. The molecule has 34 heavy (non-hydrogen) atoms. The number of hydrogen-bond donors (Lipinski definition) is 0. The van der Waals surface area contributed by atoms with Crippen LogP contribution in [0.25, 0.3) is 0 Å². The van der Waals surface area contributed by atoms with Crippen molar-refractivity contribution in [2.45, 2.75) is 77.2 Å². The molecule has 5 nitrogen and oxygen atoms in total. The summed E-state index contributed by atoms with van der Waals surface area (Å²) in [6.07, 6.45) is 7.18. The van der Waals surface area contributed by atoms with E-state index in [-0.39, 0.29) is 35.1 Å². The van der Waals surface area contributed by atoms with E-state index in [1.54, 1.807) is 13.8 Å². The number of Topliss-reactive ketones (excluding diaryl/α,β-unsaturated/α-hetero) is 2. The van der Waals surface area contributed by atoms with Gasteiger partial charge in [-0.25, -0.2) is 0 Å². The highest BCUT2D eigenvalue weighted by Crippen LogP contribution is 2.62. The zero-order chi connectivity index (χ0) is 24.2. The Bertz CT molecular complexity index is 1140. The van der Waals surface area contributed by atoms with E-state index in [9.17, 15) is 19.2 Å². The van der Waals surface area contributed by atoms with Gasteiger partial charge in [-0.2, -0.15) is 0 Å². The van der Waals surface area contributed by atoms with E-state index in [1.807, 2.05) is 30.3 Å². The summed E-state index contributed by atoms with van der Waals surface area (Å²) in [6, 6.07) is 7.84. The maximum atomic E-state index is 13.0. The molecule has 4 aliphatic carbocycles. The summed E-state index contributed by atoms with van der Waals surface area (Å²) in [5.41, 5.74) is 4.69. The summed E-state index contributed by atoms with van der Waals surface area (Å²) in [5.74, 6) is 0.429. The minimum Gasteiger partial charge on any atom is -0.451 e. The maximum absolute atomic E-state index is 13.0. The quantitative estimate of drug-likeness (QED) is 0.451. The van der Waals surface area contributed by atoms with Crippen LogP contribution in [0.2, 0.25) is 0 Å². The minimum absolute atomic E-state index is 0.0310. The molecule has 0 saturated heterocycles. The predicted molar refractivity (Wildman–Crippen MR) is 127 cm³/mol. The number of allylic oxidation sites excluding steroid dienone is 4. The first-order valence-corrected chi connectivity index (χ1v) is 12.5. The largest absolute Gasteiger partial charge is 0.451 e. The Morgan fingerprint density at radius 2 is 1.71 bits per heavy atom. The zero-order valence-electron chi connectivity index (χ0n) is 20.2. The number of carbonyl (C=O) groups excluding carboxylic acids is 4. The molecule has 0 spiro atoms. The fourth-order valence-corrected chi connectivity index (χ4v) is 7.42. The molecule has 178 valence electrons. The highest BCUT2D eigenvalue weighted by molar-refractivity contribution is 5.94. The third-order valence-electron chi connectivity index (χ3n) is 8.80. The van der Waals surface area contributed by atoms with Crippen LogP contribution < -0.4 is 0 Å². The number of rotatable bonds is 4. The van der Waals surface area contributed by atoms with Gasteiger partial charge in [0.1, 0.15) is 0 Å². The van der Waals surface area contributed by atoms with Crippen LogP contribution in [0.4, 0.5) is 0 Å².